The van der Waals surface area contributed by atoms with E-state index < -0.39 is 0 Å². The molecule has 0 saturated heterocycles. The zero-order valence-corrected chi connectivity index (χ0v) is 14.4. The summed E-state index contributed by atoms with van der Waals surface area (Å²) >= 11 is 13.3. The molecule has 104 valence electrons. The van der Waals surface area contributed by atoms with Crippen molar-refractivity contribution in [2.45, 2.75) is 74.7 Å². The van der Waals surface area contributed by atoms with Gasteiger partial charge in [-0.1, -0.05) is 38.5 Å². The third kappa shape index (κ3) is 5.26. The maximum atomic E-state index is 4.68. The Morgan fingerprint density at radius 2 is 0.944 bits per heavy atom. The van der Waals surface area contributed by atoms with E-state index in [1.165, 1.54) is 72.7 Å². The van der Waals surface area contributed by atoms with Crippen LogP contribution in [0.4, 0.5) is 0 Å². The van der Waals surface area contributed by atoms with E-state index >= 15 is 0 Å². The first kappa shape index (κ1) is 15.5. The van der Waals surface area contributed by atoms with Gasteiger partial charge in [0.2, 0.25) is 0 Å². The second-order valence-corrected chi connectivity index (χ2v) is 9.49. The van der Waals surface area contributed by atoms with Gasteiger partial charge in [0.15, 0.2) is 0 Å². The van der Waals surface area contributed by atoms with Crippen LogP contribution in [0.1, 0.15) is 64.2 Å². The molecule has 2 aliphatic carbocycles. The van der Waals surface area contributed by atoms with Crippen LogP contribution in [0.3, 0.4) is 0 Å². The highest BCUT2D eigenvalue weighted by Gasteiger charge is 2.19. The molecule has 2 rings (SSSR count). The van der Waals surface area contributed by atoms with E-state index in [1.807, 2.05) is 23.5 Å². The second kappa shape index (κ2) is 8.43. The molecule has 2 aliphatic rings. The van der Waals surface area contributed by atoms with Crippen molar-refractivity contribution < 1.29 is 0 Å². The summed E-state index contributed by atoms with van der Waals surface area (Å²) in [6.07, 6.45) is 13.9. The highest BCUT2D eigenvalue weighted by atomic mass is 32.2. The van der Waals surface area contributed by atoms with Crippen molar-refractivity contribution in [2.24, 2.45) is 0 Å². The molecule has 0 amide bonds. The van der Waals surface area contributed by atoms with Crippen molar-refractivity contribution in [1.29, 1.82) is 0 Å². The molecule has 18 heavy (non-hydrogen) atoms. The molecule has 0 aliphatic heterocycles. The van der Waals surface area contributed by atoms with Gasteiger partial charge in [-0.25, -0.2) is 0 Å². The molecule has 0 heterocycles. The van der Waals surface area contributed by atoms with Crippen LogP contribution in [-0.4, -0.2) is 10.5 Å². The number of thioether (sulfide) groups is 2. The lowest BCUT2D eigenvalue weighted by atomic mass is 10.0. The molecule has 0 unspecified atom stereocenters. The van der Waals surface area contributed by atoms with Gasteiger partial charge in [-0.3, -0.25) is 0 Å². The normalized spacial score (nSPS) is 25.0. The molecular weight excluding hydrogens is 296 g/mol. The van der Waals surface area contributed by atoms with Crippen LogP contribution >= 0.6 is 48.8 Å². The van der Waals surface area contributed by atoms with Gasteiger partial charge < -0.3 is 0 Å². The third-order valence-corrected chi connectivity index (χ3v) is 8.00. The molecule has 0 radical (unpaired) electrons. The van der Waals surface area contributed by atoms with Crippen molar-refractivity contribution >= 4 is 48.8 Å². The fraction of sp³-hybridized carbons (Fsp3) is 0.857. The van der Waals surface area contributed by atoms with Crippen molar-refractivity contribution in [1.82, 2.24) is 0 Å². The molecule has 0 aromatic carbocycles. The zero-order chi connectivity index (χ0) is 12.8. The van der Waals surface area contributed by atoms with Gasteiger partial charge in [-0.2, -0.15) is 0 Å². The van der Waals surface area contributed by atoms with Crippen LogP contribution < -0.4 is 0 Å². The summed E-state index contributed by atoms with van der Waals surface area (Å²) in [4.78, 5) is 0. The highest BCUT2D eigenvalue weighted by Crippen LogP contribution is 2.43. The summed E-state index contributed by atoms with van der Waals surface area (Å²) in [6.45, 7) is 0. The molecule has 2 fully saturated rings. The fourth-order valence-corrected chi connectivity index (χ4v) is 6.25. The third-order valence-electron chi connectivity index (χ3n) is 3.84. The largest absolute Gasteiger partial charge is 0.135 e. The lowest BCUT2D eigenvalue weighted by molar-refractivity contribution is 0.516. The molecule has 4 heteroatoms. The number of hydrogen-bond acceptors (Lipinski definition) is 4. The van der Waals surface area contributed by atoms with E-state index in [4.69, 9.17) is 0 Å². The maximum absolute atomic E-state index is 4.68. The van der Waals surface area contributed by atoms with Crippen molar-refractivity contribution in [2.75, 3.05) is 0 Å². The van der Waals surface area contributed by atoms with Gasteiger partial charge in [0.25, 0.3) is 0 Å². The van der Waals surface area contributed by atoms with Crippen LogP contribution in [-0.2, 0) is 0 Å². The Hall–Kier alpha value is 1.14. The summed E-state index contributed by atoms with van der Waals surface area (Å²) in [6, 6.07) is 0. The Balaban J connectivity index is 1.79. The van der Waals surface area contributed by atoms with E-state index in [1.54, 1.807) is 0 Å². The average molecular weight is 321 g/mol. The van der Waals surface area contributed by atoms with E-state index in [0.29, 0.717) is 0 Å². The molecule has 0 nitrogen and oxygen atoms in total. The van der Waals surface area contributed by atoms with Gasteiger partial charge in [-0.15, -0.1) is 48.8 Å². The quantitative estimate of drug-likeness (QED) is 0.600. The van der Waals surface area contributed by atoms with Crippen molar-refractivity contribution in [3.8, 4) is 0 Å². The predicted molar refractivity (Wildman–Crippen MR) is 93.9 cm³/mol. The van der Waals surface area contributed by atoms with Crippen molar-refractivity contribution in [3.05, 3.63) is 8.47 Å². The van der Waals surface area contributed by atoms with Gasteiger partial charge in [-0.05, 0) is 25.7 Å². The molecular formula is C14H24S4. The predicted octanol–water partition coefficient (Wildman–Crippen LogP) is 6.10. The number of rotatable bonds is 4. The summed E-state index contributed by atoms with van der Waals surface area (Å²) in [7, 11) is 0. The summed E-state index contributed by atoms with van der Waals surface area (Å²) < 4.78 is 2.33. The number of hydrogen-bond donors (Lipinski definition) is 2. The first-order chi connectivity index (χ1) is 8.75. The van der Waals surface area contributed by atoms with Crippen molar-refractivity contribution in [3.63, 3.8) is 0 Å². The Labute approximate surface area is 131 Å². The summed E-state index contributed by atoms with van der Waals surface area (Å²) in [5.74, 6) is 0. The van der Waals surface area contributed by atoms with Gasteiger partial charge in [0.1, 0.15) is 0 Å². The summed E-state index contributed by atoms with van der Waals surface area (Å²) in [5, 5.41) is 1.58. The average Bonchev–Trinajstić information content (AvgIpc) is 2.41. The Kier molecular flexibility index (Phi) is 7.27. The Bertz CT molecular complexity index is 248. The lowest BCUT2D eigenvalue weighted by Gasteiger charge is -2.23. The SMILES string of the molecule is S/C(SC1CCCCC1)=C(\S)SC1CCCCC1. The lowest BCUT2D eigenvalue weighted by Crippen LogP contribution is -2.09. The minimum Gasteiger partial charge on any atom is -0.135 e. The molecule has 0 spiro atoms. The Morgan fingerprint density at radius 3 is 1.28 bits per heavy atom. The van der Waals surface area contributed by atoms with E-state index in [-0.39, 0.29) is 0 Å². The second-order valence-electron chi connectivity index (χ2n) is 5.37. The standard InChI is InChI=1S/C14H24S4/c15-13(17-11-7-3-1-4-8-11)14(16)18-12-9-5-2-6-10-12/h11-12,15-16H,1-10H2/b14-13-. The molecule has 0 atom stereocenters. The monoisotopic (exact) mass is 320 g/mol. The van der Waals surface area contributed by atoms with E-state index in [0.717, 1.165) is 10.5 Å². The minimum atomic E-state index is 0.792. The van der Waals surface area contributed by atoms with Crippen LogP contribution in [0, 0.1) is 0 Å². The van der Waals surface area contributed by atoms with Crippen LogP contribution in [0.25, 0.3) is 0 Å². The molecule has 0 aromatic rings. The Morgan fingerprint density at radius 1 is 0.611 bits per heavy atom. The molecule has 0 bridgehead atoms. The summed E-state index contributed by atoms with van der Waals surface area (Å²) in [5.41, 5.74) is 0. The first-order valence-corrected chi connectivity index (χ1v) is 9.86. The van der Waals surface area contributed by atoms with Gasteiger partial charge in [0.05, 0.1) is 8.47 Å². The zero-order valence-electron chi connectivity index (χ0n) is 10.9. The van der Waals surface area contributed by atoms with Crippen LogP contribution in [0.15, 0.2) is 8.47 Å². The molecule has 0 aromatic heterocycles. The van der Waals surface area contributed by atoms with Gasteiger partial charge in [0, 0.05) is 10.5 Å². The highest BCUT2D eigenvalue weighted by molar-refractivity contribution is 8.21. The smallest absolute Gasteiger partial charge is 0.0572 e. The maximum Gasteiger partial charge on any atom is 0.0572 e. The van der Waals surface area contributed by atoms with Gasteiger partial charge >= 0.3 is 0 Å². The topological polar surface area (TPSA) is 0 Å². The van der Waals surface area contributed by atoms with E-state index in [9.17, 15) is 0 Å². The fourth-order valence-electron chi connectivity index (χ4n) is 2.78. The molecule has 2 saturated carbocycles. The van der Waals surface area contributed by atoms with Crippen LogP contribution in [0.5, 0.6) is 0 Å². The van der Waals surface area contributed by atoms with E-state index in [2.05, 4.69) is 25.3 Å². The number of thiol groups is 2. The van der Waals surface area contributed by atoms with Crippen LogP contribution in [0.2, 0.25) is 0 Å². The first-order valence-electron chi connectivity index (χ1n) is 7.21. The minimum absolute atomic E-state index is 0.792. The molecule has 0 N–H and O–H groups in total.